The summed E-state index contributed by atoms with van der Waals surface area (Å²) in [7, 11) is 0. The third-order valence-electron chi connectivity index (χ3n) is 3.37. The van der Waals surface area contributed by atoms with E-state index >= 15 is 0 Å². The molecule has 0 unspecified atom stereocenters. The summed E-state index contributed by atoms with van der Waals surface area (Å²) in [5.74, 6) is -0.606. The number of hydrogen-bond acceptors (Lipinski definition) is 4. The van der Waals surface area contributed by atoms with Crippen LogP contribution in [0.3, 0.4) is 0 Å². The van der Waals surface area contributed by atoms with E-state index in [2.05, 4.69) is 0 Å². The topological polar surface area (TPSA) is 76.1 Å². The molecule has 0 saturated carbocycles. The summed E-state index contributed by atoms with van der Waals surface area (Å²) in [6, 6.07) is 0. The van der Waals surface area contributed by atoms with Crippen molar-refractivity contribution < 1.29 is 24.2 Å². The highest BCUT2D eigenvalue weighted by Crippen LogP contribution is 2.34. The van der Waals surface area contributed by atoms with E-state index in [4.69, 9.17) is 14.6 Å². The van der Waals surface area contributed by atoms with Gasteiger partial charge in [-0.15, -0.1) is 0 Å². The Labute approximate surface area is 112 Å². The van der Waals surface area contributed by atoms with E-state index in [0.717, 1.165) is 0 Å². The number of amides is 1. The normalized spacial score (nSPS) is 30.3. The van der Waals surface area contributed by atoms with Crippen LogP contribution in [0.25, 0.3) is 0 Å². The van der Waals surface area contributed by atoms with Crippen LogP contribution in [0.4, 0.5) is 4.79 Å². The number of ether oxygens (including phenoxy) is 2. The summed E-state index contributed by atoms with van der Waals surface area (Å²) in [5.41, 5.74) is -0.499. The zero-order valence-corrected chi connectivity index (χ0v) is 11.6. The second kappa shape index (κ2) is 5.00. The van der Waals surface area contributed by atoms with Gasteiger partial charge in [-0.05, 0) is 27.2 Å². The van der Waals surface area contributed by atoms with Crippen molar-refractivity contribution in [1.29, 1.82) is 0 Å². The monoisotopic (exact) mass is 271 g/mol. The Morgan fingerprint density at radius 1 is 1.37 bits per heavy atom. The molecule has 0 aromatic heterocycles. The van der Waals surface area contributed by atoms with E-state index in [9.17, 15) is 9.59 Å². The van der Waals surface area contributed by atoms with Gasteiger partial charge in [-0.2, -0.15) is 0 Å². The van der Waals surface area contributed by atoms with Crippen LogP contribution in [0.2, 0.25) is 0 Å². The number of nitrogens with zero attached hydrogens (tertiary/aromatic N) is 1. The van der Waals surface area contributed by atoms with Gasteiger partial charge in [0.2, 0.25) is 0 Å². The van der Waals surface area contributed by atoms with Crippen LogP contribution in [0.15, 0.2) is 0 Å². The van der Waals surface area contributed by atoms with E-state index in [0.29, 0.717) is 19.5 Å². The predicted molar refractivity (Wildman–Crippen MR) is 66.8 cm³/mol. The van der Waals surface area contributed by atoms with Gasteiger partial charge < -0.3 is 19.5 Å². The largest absolute Gasteiger partial charge is 0.481 e. The molecule has 3 atom stereocenters. The van der Waals surface area contributed by atoms with Gasteiger partial charge in [-0.1, -0.05) is 0 Å². The van der Waals surface area contributed by atoms with Crippen LogP contribution >= 0.6 is 0 Å². The molecular formula is C13H21NO5. The van der Waals surface area contributed by atoms with Crippen LogP contribution in [0.1, 0.15) is 33.6 Å². The van der Waals surface area contributed by atoms with Gasteiger partial charge in [0.25, 0.3) is 0 Å². The van der Waals surface area contributed by atoms with Crippen LogP contribution in [0, 0.1) is 5.92 Å². The van der Waals surface area contributed by atoms with Gasteiger partial charge >= 0.3 is 12.1 Å². The van der Waals surface area contributed by atoms with Crippen LogP contribution in [-0.2, 0) is 14.3 Å². The first-order chi connectivity index (χ1) is 8.74. The number of aliphatic carboxylic acids is 1. The molecule has 6 nitrogen and oxygen atoms in total. The highest BCUT2D eigenvalue weighted by Gasteiger charge is 2.44. The Kier molecular flexibility index (Phi) is 3.71. The number of carboxylic acid groups (broad SMARTS) is 1. The Morgan fingerprint density at radius 3 is 2.58 bits per heavy atom. The van der Waals surface area contributed by atoms with Gasteiger partial charge in [-0.3, -0.25) is 4.79 Å². The Bertz CT molecular complexity index is 362. The molecule has 0 bridgehead atoms. The first kappa shape index (κ1) is 14.1. The average molecular weight is 271 g/mol. The summed E-state index contributed by atoms with van der Waals surface area (Å²) >= 11 is 0. The molecule has 2 heterocycles. The fourth-order valence-corrected chi connectivity index (χ4v) is 2.66. The Morgan fingerprint density at radius 2 is 2.05 bits per heavy atom. The van der Waals surface area contributed by atoms with Crippen molar-refractivity contribution in [2.24, 2.45) is 5.92 Å². The molecule has 2 aliphatic rings. The first-order valence-electron chi connectivity index (χ1n) is 6.60. The lowest BCUT2D eigenvalue weighted by molar-refractivity contribution is -0.140. The molecule has 108 valence electrons. The van der Waals surface area contributed by atoms with Crippen molar-refractivity contribution in [2.75, 3.05) is 13.1 Å². The smallest absolute Gasteiger partial charge is 0.410 e. The third kappa shape index (κ3) is 3.59. The van der Waals surface area contributed by atoms with E-state index in [-0.39, 0.29) is 30.6 Å². The van der Waals surface area contributed by atoms with Gasteiger partial charge in [0, 0.05) is 12.5 Å². The van der Waals surface area contributed by atoms with Crippen LogP contribution in [-0.4, -0.2) is 53.0 Å². The van der Waals surface area contributed by atoms with Crippen molar-refractivity contribution in [3.63, 3.8) is 0 Å². The number of carboxylic acids is 1. The molecular weight excluding hydrogens is 250 g/mol. The molecule has 6 heteroatoms. The first-order valence-corrected chi connectivity index (χ1v) is 6.60. The highest BCUT2D eigenvalue weighted by molar-refractivity contribution is 5.69. The van der Waals surface area contributed by atoms with E-state index in [1.54, 1.807) is 4.90 Å². The fraction of sp³-hybridized carbons (Fsp3) is 0.846. The lowest BCUT2D eigenvalue weighted by Gasteiger charge is -2.25. The van der Waals surface area contributed by atoms with Crippen molar-refractivity contribution in [3.8, 4) is 0 Å². The van der Waals surface area contributed by atoms with Crippen LogP contribution < -0.4 is 0 Å². The third-order valence-corrected chi connectivity index (χ3v) is 3.37. The summed E-state index contributed by atoms with van der Waals surface area (Å²) in [4.78, 5) is 24.2. The van der Waals surface area contributed by atoms with E-state index in [1.807, 2.05) is 20.8 Å². The minimum absolute atomic E-state index is 0.0411. The molecule has 0 aliphatic carbocycles. The minimum Gasteiger partial charge on any atom is -0.481 e. The van der Waals surface area contributed by atoms with Gasteiger partial charge in [0.15, 0.2) is 0 Å². The predicted octanol–water partition coefficient (Wildman–Crippen LogP) is 1.49. The number of carbonyl (C=O) groups excluding carboxylic acids is 1. The number of hydrogen-bond donors (Lipinski definition) is 1. The maximum atomic E-state index is 11.9. The van der Waals surface area contributed by atoms with Crippen molar-refractivity contribution >= 4 is 12.1 Å². The summed E-state index contributed by atoms with van der Waals surface area (Å²) in [5, 5.41) is 8.74. The Balaban J connectivity index is 1.84. The number of rotatable bonds is 2. The number of carbonyl (C=O) groups is 2. The summed E-state index contributed by atoms with van der Waals surface area (Å²) < 4.78 is 11.0. The minimum atomic E-state index is -0.839. The van der Waals surface area contributed by atoms with E-state index < -0.39 is 11.6 Å². The van der Waals surface area contributed by atoms with Gasteiger partial charge in [-0.25, -0.2) is 4.79 Å². The van der Waals surface area contributed by atoms with Crippen LogP contribution in [0.5, 0.6) is 0 Å². The quantitative estimate of drug-likeness (QED) is 0.823. The zero-order valence-electron chi connectivity index (χ0n) is 11.6. The molecule has 0 spiro atoms. The maximum Gasteiger partial charge on any atom is 0.410 e. The molecule has 0 aromatic carbocycles. The lowest BCUT2D eigenvalue weighted by Crippen LogP contribution is -2.36. The Hall–Kier alpha value is -1.30. The van der Waals surface area contributed by atoms with Crippen molar-refractivity contribution in [3.05, 3.63) is 0 Å². The maximum absolute atomic E-state index is 11.9. The lowest BCUT2D eigenvalue weighted by atomic mass is 10.0. The molecule has 2 fully saturated rings. The molecule has 1 amide bonds. The summed E-state index contributed by atoms with van der Waals surface area (Å²) in [6.45, 7) is 6.59. The molecule has 1 N–H and O–H groups in total. The highest BCUT2D eigenvalue weighted by atomic mass is 16.6. The second-order valence-electron chi connectivity index (χ2n) is 6.28. The number of likely N-dealkylation sites (tertiary alicyclic amines) is 1. The average Bonchev–Trinajstić information content (AvgIpc) is 2.70. The molecule has 2 aliphatic heterocycles. The summed E-state index contributed by atoms with van der Waals surface area (Å²) in [6.07, 6.45) is 0.167. The molecule has 2 rings (SSSR count). The fourth-order valence-electron chi connectivity index (χ4n) is 2.66. The van der Waals surface area contributed by atoms with Gasteiger partial charge in [0.1, 0.15) is 5.60 Å². The van der Waals surface area contributed by atoms with Gasteiger partial charge in [0.05, 0.1) is 25.2 Å². The molecule has 0 aromatic rings. The molecule has 0 radical (unpaired) electrons. The SMILES string of the molecule is CC(C)(C)OC(=O)N1C[C@@H]2C[C@H](CC(=O)O)O[C@@H]2C1. The molecule has 2 saturated heterocycles. The van der Waals surface area contributed by atoms with E-state index in [1.165, 1.54) is 0 Å². The number of fused-ring (bicyclic) bond motifs is 1. The van der Waals surface area contributed by atoms with Crippen molar-refractivity contribution in [2.45, 2.75) is 51.4 Å². The van der Waals surface area contributed by atoms with Crippen molar-refractivity contribution in [1.82, 2.24) is 4.90 Å². The molecule has 19 heavy (non-hydrogen) atoms. The zero-order chi connectivity index (χ0) is 14.2. The second-order valence-corrected chi connectivity index (χ2v) is 6.28. The standard InChI is InChI=1S/C13H21NO5/c1-13(2,3)19-12(17)14-6-8-4-9(5-11(15)16)18-10(8)7-14/h8-10H,4-7H2,1-3H3,(H,15,16)/t8-,9+,10+/m0/s1.